The molecule has 5 rings (SSSR count). The Morgan fingerprint density at radius 2 is 1.60 bits per heavy atom. The number of benzene rings is 3. The lowest BCUT2D eigenvalue weighted by Crippen LogP contribution is -2.35. The van der Waals surface area contributed by atoms with E-state index < -0.39 is 18.6 Å². The topological polar surface area (TPSA) is 133 Å². The van der Waals surface area contributed by atoms with Crippen LogP contribution in [0.2, 0.25) is 0 Å². The fraction of sp³-hybridized carbons (Fsp3) is 0.371. The summed E-state index contributed by atoms with van der Waals surface area (Å²) in [4.78, 5) is 25.9. The van der Waals surface area contributed by atoms with Crippen LogP contribution in [0.1, 0.15) is 65.5 Å². The molecule has 0 saturated carbocycles. The monoisotopic (exact) mass is 664 g/mol. The number of aromatic nitrogens is 3. The maximum atomic E-state index is 12.9. The third kappa shape index (κ3) is 8.51. The number of hydrogen-bond acceptors (Lipinski definition) is 7. The Hall–Kier alpha value is -4.91. The van der Waals surface area contributed by atoms with Crippen molar-refractivity contribution >= 4 is 12.3 Å². The summed E-state index contributed by atoms with van der Waals surface area (Å²) >= 11 is 0. The number of phenols is 2. The number of alkyl halides is 3. The van der Waals surface area contributed by atoms with Crippen LogP contribution in [0.15, 0.2) is 60.7 Å². The molecule has 48 heavy (non-hydrogen) atoms. The van der Waals surface area contributed by atoms with E-state index in [0.29, 0.717) is 30.1 Å². The maximum Gasteiger partial charge on any atom is 0.405 e. The SMILES string of the molecule is CC(C)c1cc(-c2nnc(C(=O)NCC(F)(F)F)n2-c2ccc(CC3CCN(Cc4ccc(CNC=O)cc4)CC3)cc2)c(O)cc1O. The van der Waals surface area contributed by atoms with Crippen molar-refractivity contribution in [3.8, 4) is 28.6 Å². The summed E-state index contributed by atoms with van der Waals surface area (Å²) in [5.74, 6) is -1.49. The molecule has 1 aliphatic rings. The number of rotatable bonds is 12. The van der Waals surface area contributed by atoms with E-state index in [1.807, 2.05) is 43.4 Å². The third-order valence-corrected chi connectivity index (χ3v) is 8.57. The summed E-state index contributed by atoms with van der Waals surface area (Å²) in [5.41, 5.74) is 4.46. The lowest BCUT2D eigenvalue weighted by molar-refractivity contribution is -0.123. The lowest BCUT2D eigenvalue weighted by Gasteiger charge is -2.32. The fourth-order valence-corrected chi connectivity index (χ4v) is 5.99. The number of aromatic hydroxyl groups is 2. The number of nitrogens with one attached hydrogen (secondary N) is 2. The number of nitrogens with zero attached hydrogens (tertiary/aromatic N) is 4. The number of carbonyl (C=O) groups is 2. The highest BCUT2D eigenvalue weighted by Gasteiger charge is 2.30. The minimum Gasteiger partial charge on any atom is -0.508 e. The number of halogens is 3. The van der Waals surface area contributed by atoms with Crippen LogP contribution in [0.25, 0.3) is 17.1 Å². The van der Waals surface area contributed by atoms with Crippen LogP contribution >= 0.6 is 0 Å². The summed E-state index contributed by atoms with van der Waals surface area (Å²) in [5, 5.41) is 33.6. The zero-order valence-electron chi connectivity index (χ0n) is 26.8. The molecule has 0 atom stereocenters. The first-order chi connectivity index (χ1) is 22.9. The van der Waals surface area contributed by atoms with Gasteiger partial charge in [0.05, 0.1) is 5.56 Å². The van der Waals surface area contributed by atoms with E-state index in [2.05, 4.69) is 32.5 Å². The zero-order chi connectivity index (χ0) is 34.4. The molecule has 10 nitrogen and oxygen atoms in total. The molecule has 0 radical (unpaired) electrons. The summed E-state index contributed by atoms with van der Waals surface area (Å²) in [7, 11) is 0. The van der Waals surface area contributed by atoms with Crippen molar-refractivity contribution < 1.29 is 33.0 Å². The Labute approximate surface area is 276 Å². The minimum atomic E-state index is -4.62. The van der Waals surface area contributed by atoms with Gasteiger partial charge in [0.25, 0.3) is 5.91 Å². The largest absolute Gasteiger partial charge is 0.508 e. The normalized spacial score (nSPS) is 14.3. The molecule has 2 heterocycles. The molecule has 4 aromatic rings. The van der Waals surface area contributed by atoms with E-state index in [4.69, 9.17) is 0 Å². The second-order valence-electron chi connectivity index (χ2n) is 12.5. The Bertz CT molecular complexity index is 1710. The molecule has 0 spiro atoms. The van der Waals surface area contributed by atoms with Crippen LogP contribution < -0.4 is 10.6 Å². The van der Waals surface area contributed by atoms with Gasteiger partial charge in [-0.05, 0) is 84.6 Å². The Morgan fingerprint density at radius 1 is 0.958 bits per heavy atom. The van der Waals surface area contributed by atoms with Gasteiger partial charge in [-0.1, -0.05) is 50.2 Å². The van der Waals surface area contributed by atoms with Crippen molar-refractivity contribution in [2.45, 2.75) is 58.3 Å². The van der Waals surface area contributed by atoms with Crippen LogP contribution in [0.5, 0.6) is 11.5 Å². The first-order valence-electron chi connectivity index (χ1n) is 15.8. The summed E-state index contributed by atoms with van der Waals surface area (Å²) in [6.45, 7) is 5.47. The van der Waals surface area contributed by atoms with Gasteiger partial charge in [-0.15, -0.1) is 10.2 Å². The van der Waals surface area contributed by atoms with Gasteiger partial charge in [0.1, 0.15) is 18.0 Å². The lowest BCUT2D eigenvalue weighted by atomic mass is 9.90. The number of phenolic OH excluding ortho intramolecular Hbond substituents is 2. The van der Waals surface area contributed by atoms with Gasteiger partial charge < -0.3 is 20.8 Å². The highest BCUT2D eigenvalue weighted by molar-refractivity contribution is 5.92. The van der Waals surface area contributed by atoms with Crippen LogP contribution in [0.3, 0.4) is 0 Å². The molecular weight excluding hydrogens is 625 g/mol. The van der Waals surface area contributed by atoms with E-state index in [1.54, 1.807) is 12.1 Å². The van der Waals surface area contributed by atoms with Crippen molar-refractivity contribution in [2.24, 2.45) is 5.92 Å². The standard InChI is InChI=1S/C35H39F3N6O4/c1-22(2)28-16-29(31(47)17-30(28)46)32-41-42-33(34(48)40-20-35(36,37)38)44(32)27-9-7-23(8-10-27)15-24-11-13-43(14-12-24)19-26-5-3-25(4-6-26)18-39-21-45/h3-10,16-17,21-22,24,46-47H,11-15,18-20H2,1-2H3,(H,39,45)(H,40,48). The van der Waals surface area contributed by atoms with Crippen LogP contribution in [0.4, 0.5) is 13.2 Å². The van der Waals surface area contributed by atoms with Gasteiger partial charge >= 0.3 is 6.18 Å². The van der Waals surface area contributed by atoms with E-state index in [1.165, 1.54) is 22.3 Å². The number of amides is 2. The molecule has 0 aliphatic carbocycles. The predicted octanol–water partition coefficient (Wildman–Crippen LogP) is 5.46. The molecule has 0 unspecified atom stereocenters. The number of piperidine rings is 1. The summed E-state index contributed by atoms with van der Waals surface area (Å²) in [6.07, 6.45) is -1.03. The third-order valence-electron chi connectivity index (χ3n) is 8.57. The minimum absolute atomic E-state index is 0.0407. The smallest absolute Gasteiger partial charge is 0.405 e. The molecule has 13 heteroatoms. The van der Waals surface area contributed by atoms with E-state index in [-0.39, 0.29) is 34.6 Å². The van der Waals surface area contributed by atoms with Crippen molar-refractivity contribution in [3.05, 3.63) is 88.7 Å². The molecule has 3 aromatic carbocycles. The first-order valence-corrected chi connectivity index (χ1v) is 15.8. The quantitative estimate of drug-likeness (QED) is 0.148. The first kappa shape index (κ1) is 34.4. The molecular formula is C35H39F3N6O4. The molecule has 0 bridgehead atoms. The average molecular weight is 665 g/mol. The highest BCUT2D eigenvalue weighted by atomic mass is 19.4. The second kappa shape index (κ2) is 14.9. The molecule has 254 valence electrons. The fourth-order valence-electron chi connectivity index (χ4n) is 5.99. The second-order valence-corrected chi connectivity index (χ2v) is 12.5. The van der Waals surface area contributed by atoms with Gasteiger partial charge in [0, 0.05) is 24.8 Å². The van der Waals surface area contributed by atoms with E-state index in [0.717, 1.165) is 50.0 Å². The van der Waals surface area contributed by atoms with E-state index >= 15 is 0 Å². The molecule has 1 aromatic heterocycles. The summed E-state index contributed by atoms with van der Waals surface area (Å²) in [6, 6.07) is 18.3. The Balaban J connectivity index is 1.31. The van der Waals surface area contributed by atoms with Crippen LogP contribution in [-0.2, 0) is 24.3 Å². The molecule has 4 N–H and O–H groups in total. The van der Waals surface area contributed by atoms with Crippen molar-refractivity contribution in [1.29, 1.82) is 0 Å². The summed E-state index contributed by atoms with van der Waals surface area (Å²) < 4.78 is 40.1. The zero-order valence-corrected chi connectivity index (χ0v) is 26.8. The highest BCUT2D eigenvalue weighted by Crippen LogP contribution is 2.38. The molecule has 1 aliphatic heterocycles. The predicted molar refractivity (Wildman–Crippen MR) is 174 cm³/mol. The van der Waals surface area contributed by atoms with Crippen LogP contribution in [-0.4, -0.2) is 68.0 Å². The van der Waals surface area contributed by atoms with Crippen molar-refractivity contribution in [2.75, 3.05) is 19.6 Å². The number of likely N-dealkylation sites (tertiary alicyclic amines) is 1. The van der Waals surface area contributed by atoms with E-state index in [9.17, 15) is 33.0 Å². The van der Waals surface area contributed by atoms with Crippen LogP contribution in [0, 0.1) is 5.92 Å². The van der Waals surface area contributed by atoms with Gasteiger partial charge in [0.15, 0.2) is 5.82 Å². The number of carbonyl (C=O) groups excluding carboxylic acids is 2. The van der Waals surface area contributed by atoms with Gasteiger partial charge in [-0.25, -0.2) is 0 Å². The maximum absolute atomic E-state index is 12.9. The Morgan fingerprint density at radius 3 is 2.23 bits per heavy atom. The number of hydrogen-bond donors (Lipinski definition) is 4. The Kier molecular flexibility index (Phi) is 10.7. The molecule has 1 fully saturated rings. The molecule has 2 amide bonds. The average Bonchev–Trinajstić information content (AvgIpc) is 3.49. The van der Waals surface area contributed by atoms with Crippen molar-refractivity contribution in [1.82, 2.24) is 30.3 Å². The van der Waals surface area contributed by atoms with Gasteiger partial charge in [0.2, 0.25) is 12.2 Å². The van der Waals surface area contributed by atoms with Crippen molar-refractivity contribution in [3.63, 3.8) is 0 Å². The van der Waals surface area contributed by atoms with Gasteiger partial charge in [-0.2, -0.15) is 13.2 Å². The molecule has 1 saturated heterocycles. The van der Waals surface area contributed by atoms with Gasteiger partial charge in [-0.3, -0.25) is 19.1 Å².